The van der Waals surface area contributed by atoms with Gasteiger partial charge in [-0.25, -0.2) is 0 Å². The highest BCUT2D eigenvalue weighted by molar-refractivity contribution is 6.00. The number of aromatic nitrogens is 5. The van der Waals surface area contributed by atoms with E-state index < -0.39 is 12.9 Å². The van der Waals surface area contributed by atoms with E-state index in [0.717, 1.165) is 32.1 Å². The van der Waals surface area contributed by atoms with E-state index in [-0.39, 0.29) is 29.0 Å². The molecule has 0 atom stereocenters. The van der Waals surface area contributed by atoms with Crippen LogP contribution >= 0.6 is 0 Å². The number of hydrogen-bond donors (Lipinski definition) is 3. The predicted molar refractivity (Wildman–Crippen MR) is 125 cm³/mol. The predicted octanol–water partition coefficient (Wildman–Crippen LogP) is 2.92. The van der Waals surface area contributed by atoms with Crippen molar-refractivity contribution in [2.45, 2.75) is 38.1 Å². The van der Waals surface area contributed by atoms with E-state index in [1.807, 2.05) is 11.4 Å². The largest absolute Gasteiger partial charge is 0.494 e. The van der Waals surface area contributed by atoms with Crippen molar-refractivity contribution < 1.29 is 18.4 Å². The molecule has 0 spiro atoms. The van der Waals surface area contributed by atoms with Gasteiger partial charge in [0, 0.05) is 28.6 Å². The fourth-order valence-electron chi connectivity index (χ4n) is 3.74. The van der Waals surface area contributed by atoms with Gasteiger partial charge >= 0.3 is 0 Å². The molecule has 0 aliphatic heterocycles. The third-order valence-electron chi connectivity index (χ3n) is 6.00. The molecule has 3 N–H and O–H groups in total. The maximum Gasteiger partial charge on any atom is 0.273 e. The number of benzene rings is 1. The number of hydrogen-bond acceptors (Lipinski definition) is 8. The van der Waals surface area contributed by atoms with Gasteiger partial charge in [0.05, 0.1) is 30.7 Å². The normalized spacial score (nSPS) is 17.0. The summed E-state index contributed by atoms with van der Waals surface area (Å²) >= 11 is 0. The maximum absolute atomic E-state index is 12.7. The molecule has 34 heavy (non-hydrogen) atoms. The van der Waals surface area contributed by atoms with Crippen molar-refractivity contribution in [3.8, 4) is 17.0 Å². The Bertz CT molecular complexity index is 1340. The first kappa shape index (κ1) is 18.4. The summed E-state index contributed by atoms with van der Waals surface area (Å²) in [6.45, 7) is -2.72. The highest BCUT2D eigenvalue weighted by Crippen LogP contribution is 2.38. The topological polar surface area (TPSA) is 136 Å². The highest BCUT2D eigenvalue weighted by atomic mass is 16.5. The van der Waals surface area contributed by atoms with E-state index in [2.05, 4.69) is 31.0 Å². The van der Waals surface area contributed by atoms with Crippen LogP contribution in [0, 0.1) is 5.92 Å². The lowest BCUT2D eigenvalue weighted by atomic mass is 9.94. The number of carbonyl (C=O) groups is 2. The van der Waals surface area contributed by atoms with Crippen molar-refractivity contribution in [2.75, 3.05) is 24.7 Å². The SMILES string of the molecule is [2H]C([2H])([2H])NC(=O)c1nnc(NC(=O)C2CC2)cc1Nc1cccc(-c2cnn(C3CCC3)n2)c1OC. The summed E-state index contributed by atoms with van der Waals surface area (Å²) in [7, 11) is 1.51. The van der Waals surface area contributed by atoms with Crippen LogP contribution < -0.4 is 20.7 Å². The van der Waals surface area contributed by atoms with E-state index in [1.165, 1.54) is 13.2 Å². The molecule has 2 aliphatic rings. The second kappa shape index (κ2) is 9.08. The summed E-state index contributed by atoms with van der Waals surface area (Å²) in [6.07, 6.45) is 6.53. The highest BCUT2D eigenvalue weighted by Gasteiger charge is 2.30. The summed E-state index contributed by atoms with van der Waals surface area (Å²) < 4.78 is 27.8. The molecule has 2 aliphatic carbocycles. The van der Waals surface area contributed by atoms with E-state index >= 15 is 0 Å². The molecule has 0 radical (unpaired) electrons. The zero-order chi connectivity index (χ0) is 26.2. The fraction of sp³-hybridized carbons (Fsp3) is 0.391. The lowest BCUT2D eigenvalue weighted by Gasteiger charge is -2.23. The summed E-state index contributed by atoms with van der Waals surface area (Å²) in [6, 6.07) is 7.09. The van der Waals surface area contributed by atoms with E-state index in [9.17, 15) is 9.59 Å². The number of amides is 2. The Hall–Kier alpha value is -4.02. The minimum absolute atomic E-state index is 0.0677. The molecular formula is C23H26N8O3. The van der Waals surface area contributed by atoms with Crippen LogP contribution in [0.4, 0.5) is 17.2 Å². The lowest BCUT2D eigenvalue weighted by molar-refractivity contribution is -0.117. The molecule has 5 rings (SSSR count). The van der Waals surface area contributed by atoms with Crippen LogP contribution in [0.2, 0.25) is 0 Å². The minimum atomic E-state index is -2.72. The van der Waals surface area contributed by atoms with Gasteiger partial charge in [-0.05, 0) is 44.2 Å². The van der Waals surface area contributed by atoms with E-state index in [1.54, 1.807) is 23.1 Å². The smallest absolute Gasteiger partial charge is 0.273 e. The average Bonchev–Trinajstić information content (AvgIpc) is 3.56. The molecule has 2 amide bonds. The van der Waals surface area contributed by atoms with Gasteiger partial charge in [0.1, 0.15) is 5.69 Å². The Morgan fingerprint density at radius 3 is 2.74 bits per heavy atom. The number of nitrogens with zero attached hydrogens (tertiary/aromatic N) is 5. The zero-order valence-corrected chi connectivity index (χ0v) is 18.5. The second-order valence-corrected chi connectivity index (χ2v) is 8.36. The third-order valence-corrected chi connectivity index (χ3v) is 6.00. The molecule has 0 bridgehead atoms. The molecule has 2 heterocycles. The van der Waals surface area contributed by atoms with Crippen LogP contribution in [0.3, 0.4) is 0 Å². The number of ether oxygens (including phenoxy) is 1. The lowest BCUT2D eigenvalue weighted by Crippen LogP contribution is -2.22. The quantitative estimate of drug-likeness (QED) is 0.462. The van der Waals surface area contributed by atoms with Gasteiger partial charge in [-0.15, -0.1) is 10.2 Å². The first-order valence-corrected chi connectivity index (χ1v) is 11.1. The van der Waals surface area contributed by atoms with E-state index in [4.69, 9.17) is 8.85 Å². The van der Waals surface area contributed by atoms with Gasteiger partial charge in [-0.1, -0.05) is 6.07 Å². The van der Waals surface area contributed by atoms with Gasteiger partial charge in [-0.3, -0.25) is 9.59 Å². The minimum Gasteiger partial charge on any atom is -0.494 e. The van der Waals surface area contributed by atoms with Crippen molar-refractivity contribution in [1.29, 1.82) is 0 Å². The van der Waals surface area contributed by atoms with Crippen molar-refractivity contribution in [3.05, 3.63) is 36.2 Å². The van der Waals surface area contributed by atoms with Crippen LogP contribution in [0.1, 0.15) is 52.7 Å². The van der Waals surface area contributed by atoms with Crippen LogP contribution in [-0.4, -0.2) is 51.1 Å². The van der Waals surface area contributed by atoms with Crippen molar-refractivity contribution in [3.63, 3.8) is 0 Å². The molecule has 0 saturated heterocycles. The second-order valence-electron chi connectivity index (χ2n) is 8.36. The first-order valence-electron chi connectivity index (χ1n) is 12.6. The monoisotopic (exact) mass is 465 g/mol. The molecule has 11 nitrogen and oxygen atoms in total. The number of nitrogens with one attached hydrogen (secondary N) is 3. The van der Waals surface area contributed by atoms with Gasteiger partial charge in [0.2, 0.25) is 5.91 Å². The molecule has 2 aromatic heterocycles. The molecule has 2 saturated carbocycles. The van der Waals surface area contributed by atoms with Gasteiger partial charge < -0.3 is 20.7 Å². The van der Waals surface area contributed by atoms with Crippen LogP contribution in [-0.2, 0) is 4.79 Å². The van der Waals surface area contributed by atoms with Gasteiger partial charge in [0.15, 0.2) is 17.3 Å². The zero-order valence-electron chi connectivity index (χ0n) is 21.5. The van der Waals surface area contributed by atoms with E-state index in [0.29, 0.717) is 28.7 Å². The van der Waals surface area contributed by atoms with Crippen LogP contribution in [0.15, 0.2) is 30.5 Å². The van der Waals surface area contributed by atoms with Gasteiger partial charge in [-0.2, -0.15) is 15.0 Å². The molecule has 2 fully saturated rings. The average molecular weight is 466 g/mol. The Labute approximate surface area is 200 Å². The maximum atomic E-state index is 12.7. The molecule has 3 aromatic rings. The van der Waals surface area contributed by atoms with Crippen molar-refractivity contribution >= 4 is 29.0 Å². The fourth-order valence-corrected chi connectivity index (χ4v) is 3.74. The number of rotatable bonds is 8. The Kier molecular flexibility index (Phi) is 4.92. The molecule has 1 aromatic carbocycles. The Morgan fingerprint density at radius 2 is 2.03 bits per heavy atom. The molecule has 0 unspecified atom stereocenters. The standard InChI is InChI=1S/C23H26N8O3/c1-24-23(33)20-17(11-19(28-29-20)27-22(32)13-9-10-13)26-16-8-4-7-15(21(16)34-2)18-12-25-31(30-18)14-5-3-6-14/h4,7-8,11-14H,3,5-6,9-10H2,1-2H3,(H,24,33)(H2,26,27,28,32)/i1D3. The summed E-state index contributed by atoms with van der Waals surface area (Å²) in [5.41, 5.74) is 1.64. The summed E-state index contributed by atoms with van der Waals surface area (Å²) in [5.74, 6) is -0.640. The molecular weight excluding hydrogens is 436 g/mol. The number of anilines is 3. The summed E-state index contributed by atoms with van der Waals surface area (Å²) in [5, 5.41) is 24.5. The van der Waals surface area contributed by atoms with Gasteiger partial charge in [0.25, 0.3) is 5.91 Å². The number of methoxy groups -OCH3 is 1. The summed E-state index contributed by atoms with van der Waals surface area (Å²) in [4.78, 5) is 26.7. The molecule has 176 valence electrons. The van der Waals surface area contributed by atoms with Crippen LogP contribution in [0.5, 0.6) is 5.75 Å². The number of para-hydroxylation sites is 1. The van der Waals surface area contributed by atoms with Crippen LogP contribution in [0.25, 0.3) is 11.3 Å². The van der Waals surface area contributed by atoms with Crippen molar-refractivity contribution in [2.24, 2.45) is 5.92 Å². The third kappa shape index (κ3) is 4.28. The first-order chi connectivity index (χ1) is 17.7. The molecule has 11 heteroatoms. The Morgan fingerprint density at radius 1 is 1.18 bits per heavy atom. The Balaban J connectivity index is 1.48. The van der Waals surface area contributed by atoms with Crippen molar-refractivity contribution in [1.82, 2.24) is 30.5 Å². The number of carbonyl (C=O) groups excluding carboxylic acids is 2.